The van der Waals surface area contributed by atoms with E-state index in [0.29, 0.717) is 18.1 Å². The third-order valence-corrected chi connectivity index (χ3v) is 3.96. The zero-order valence-electron chi connectivity index (χ0n) is 12.4. The Bertz CT molecular complexity index is 614. The van der Waals surface area contributed by atoms with Crippen LogP contribution in [0.3, 0.4) is 0 Å². The molecule has 0 aromatic heterocycles. The number of likely N-dealkylation sites (N-methyl/N-ethyl adjacent to an activating group) is 1. The lowest BCUT2D eigenvalue weighted by Crippen LogP contribution is -2.34. The molecular weight excluding hydrogens is 364 g/mol. The molecule has 116 valence electrons. The predicted molar refractivity (Wildman–Crippen MR) is 93.8 cm³/mol. The highest BCUT2D eigenvalue weighted by Crippen LogP contribution is 2.12. The summed E-state index contributed by atoms with van der Waals surface area (Å²) in [6.45, 7) is 1.62. The molecule has 0 atom stereocenters. The Morgan fingerprint density at radius 2 is 1.68 bits per heavy atom. The highest BCUT2D eigenvalue weighted by molar-refractivity contribution is 9.10. The average Bonchev–Trinajstić information content (AvgIpc) is 2.49. The number of carbonyl (C=O) groups is 1. The fourth-order valence-corrected chi connectivity index (χ4v) is 2.45. The number of amides is 1. The molecule has 1 N–H and O–H groups in total. The number of nitrogens with zero attached hydrogens (tertiary/aromatic N) is 1. The largest absolute Gasteiger partial charge is 0.351 e. The van der Waals surface area contributed by atoms with Gasteiger partial charge in [-0.3, -0.25) is 9.69 Å². The zero-order chi connectivity index (χ0) is 15.9. The normalized spacial score (nSPS) is 10.7. The molecule has 0 spiro atoms. The molecule has 0 unspecified atom stereocenters. The van der Waals surface area contributed by atoms with Crippen molar-refractivity contribution in [2.75, 3.05) is 13.6 Å². The highest BCUT2D eigenvalue weighted by atomic mass is 79.9. The molecular formula is C17H18BrClN2O. The molecule has 22 heavy (non-hydrogen) atoms. The lowest BCUT2D eigenvalue weighted by molar-refractivity contribution is -0.122. The Hall–Kier alpha value is -1.36. The van der Waals surface area contributed by atoms with Gasteiger partial charge in [-0.05, 0) is 42.4 Å². The van der Waals surface area contributed by atoms with Crippen LogP contribution in [0, 0.1) is 0 Å². The number of rotatable bonds is 6. The van der Waals surface area contributed by atoms with Crippen molar-refractivity contribution in [2.24, 2.45) is 0 Å². The maximum Gasteiger partial charge on any atom is 0.234 e. The van der Waals surface area contributed by atoms with Crippen LogP contribution in [0.5, 0.6) is 0 Å². The Kier molecular flexibility index (Phi) is 6.43. The van der Waals surface area contributed by atoms with E-state index in [1.165, 1.54) is 5.56 Å². The molecule has 0 aliphatic heterocycles. The van der Waals surface area contributed by atoms with Crippen LogP contribution in [0.25, 0.3) is 0 Å². The van der Waals surface area contributed by atoms with Crippen molar-refractivity contribution in [3.8, 4) is 0 Å². The van der Waals surface area contributed by atoms with Gasteiger partial charge in [0.1, 0.15) is 0 Å². The highest BCUT2D eigenvalue weighted by Gasteiger charge is 2.07. The van der Waals surface area contributed by atoms with Gasteiger partial charge in [-0.15, -0.1) is 0 Å². The Morgan fingerprint density at radius 1 is 1.09 bits per heavy atom. The summed E-state index contributed by atoms with van der Waals surface area (Å²) in [5.41, 5.74) is 2.21. The number of hydrogen-bond donors (Lipinski definition) is 1. The molecule has 0 saturated carbocycles. The molecule has 1 amide bonds. The van der Waals surface area contributed by atoms with E-state index in [-0.39, 0.29) is 5.91 Å². The lowest BCUT2D eigenvalue weighted by atomic mass is 10.2. The number of halogens is 2. The average molecular weight is 382 g/mol. The van der Waals surface area contributed by atoms with E-state index in [1.54, 1.807) is 0 Å². The fraction of sp³-hybridized carbons (Fsp3) is 0.235. The monoisotopic (exact) mass is 380 g/mol. The molecule has 0 fully saturated rings. The van der Waals surface area contributed by atoms with Gasteiger partial charge in [0.15, 0.2) is 0 Å². The van der Waals surface area contributed by atoms with E-state index in [9.17, 15) is 4.79 Å². The van der Waals surface area contributed by atoms with Crippen LogP contribution in [0.4, 0.5) is 0 Å². The van der Waals surface area contributed by atoms with Gasteiger partial charge in [-0.25, -0.2) is 0 Å². The van der Waals surface area contributed by atoms with Gasteiger partial charge in [-0.2, -0.15) is 0 Å². The van der Waals surface area contributed by atoms with Crippen LogP contribution in [0.15, 0.2) is 53.0 Å². The molecule has 2 aromatic rings. The number of carbonyl (C=O) groups excluding carboxylic acids is 1. The lowest BCUT2D eigenvalue weighted by Gasteiger charge is -2.16. The minimum Gasteiger partial charge on any atom is -0.351 e. The quantitative estimate of drug-likeness (QED) is 0.824. The van der Waals surface area contributed by atoms with Crippen molar-refractivity contribution in [1.29, 1.82) is 0 Å². The van der Waals surface area contributed by atoms with Gasteiger partial charge in [0.05, 0.1) is 6.54 Å². The van der Waals surface area contributed by atoms with Crippen molar-refractivity contribution in [2.45, 2.75) is 13.1 Å². The van der Waals surface area contributed by atoms with Crippen molar-refractivity contribution in [1.82, 2.24) is 10.2 Å². The van der Waals surface area contributed by atoms with Gasteiger partial charge >= 0.3 is 0 Å². The minimum absolute atomic E-state index is 0.00885. The summed E-state index contributed by atoms with van der Waals surface area (Å²) in [6.07, 6.45) is 0. The molecule has 2 rings (SSSR count). The smallest absolute Gasteiger partial charge is 0.234 e. The van der Waals surface area contributed by atoms with Crippen LogP contribution >= 0.6 is 27.5 Å². The summed E-state index contributed by atoms with van der Waals surface area (Å²) in [7, 11) is 1.93. The van der Waals surface area contributed by atoms with Crippen LogP contribution in [0.2, 0.25) is 5.02 Å². The van der Waals surface area contributed by atoms with E-state index in [0.717, 1.165) is 16.6 Å². The standard InChI is InChI=1S/C17H18BrClN2O/c1-21(11-14-2-6-15(18)7-3-14)12-17(22)20-10-13-4-8-16(19)9-5-13/h2-9H,10-12H2,1H3,(H,20,22). The van der Waals surface area contributed by atoms with E-state index in [4.69, 9.17) is 11.6 Å². The predicted octanol–water partition coefficient (Wildman–Crippen LogP) is 3.85. The first kappa shape index (κ1) is 17.0. The third kappa shape index (κ3) is 5.79. The summed E-state index contributed by atoms with van der Waals surface area (Å²) >= 11 is 9.25. The number of benzene rings is 2. The Labute approximate surface area is 144 Å². The van der Waals surface area contributed by atoms with Crippen LogP contribution in [-0.4, -0.2) is 24.4 Å². The van der Waals surface area contributed by atoms with Gasteiger partial charge in [0.25, 0.3) is 0 Å². The van der Waals surface area contributed by atoms with Gasteiger partial charge in [0.2, 0.25) is 5.91 Å². The third-order valence-electron chi connectivity index (χ3n) is 3.18. The Morgan fingerprint density at radius 3 is 2.32 bits per heavy atom. The fourth-order valence-electron chi connectivity index (χ4n) is 2.06. The maximum atomic E-state index is 12.0. The van der Waals surface area contributed by atoms with E-state index in [1.807, 2.05) is 60.5 Å². The van der Waals surface area contributed by atoms with Crippen molar-refractivity contribution >= 4 is 33.4 Å². The number of nitrogens with one attached hydrogen (secondary N) is 1. The summed E-state index contributed by atoms with van der Waals surface area (Å²) < 4.78 is 1.06. The summed E-state index contributed by atoms with van der Waals surface area (Å²) in [6, 6.07) is 15.6. The molecule has 0 heterocycles. The van der Waals surface area contributed by atoms with Crippen molar-refractivity contribution in [3.63, 3.8) is 0 Å². The summed E-state index contributed by atoms with van der Waals surface area (Å²) in [5.74, 6) is 0.00885. The molecule has 0 aliphatic carbocycles. The van der Waals surface area contributed by atoms with Crippen molar-refractivity contribution in [3.05, 3.63) is 69.2 Å². The van der Waals surface area contributed by atoms with Crippen LogP contribution in [0.1, 0.15) is 11.1 Å². The molecule has 0 bridgehead atoms. The summed E-state index contributed by atoms with van der Waals surface area (Å²) in [5, 5.41) is 3.61. The molecule has 0 aliphatic rings. The maximum absolute atomic E-state index is 12.0. The minimum atomic E-state index is 0.00885. The first-order valence-corrected chi connectivity index (χ1v) is 8.14. The SMILES string of the molecule is CN(CC(=O)NCc1ccc(Cl)cc1)Cc1ccc(Br)cc1. The molecule has 0 saturated heterocycles. The second-order valence-corrected chi connectivity index (χ2v) is 6.55. The molecule has 5 heteroatoms. The Balaban J connectivity index is 1.76. The first-order chi connectivity index (χ1) is 10.5. The second kappa shape index (κ2) is 8.32. The summed E-state index contributed by atoms with van der Waals surface area (Å²) in [4.78, 5) is 13.9. The topological polar surface area (TPSA) is 32.3 Å². The van der Waals surface area contributed by atoms with Crippen molar-refractivity contribution < 1.29 is 4.79 Å². The molecule has 3 nitrogen and oxygen atoms in total. The second-order valence-electron chi connectivity index (χ2n) is 5.20. The van der Waals surface area contributed by atoms with E-state index >= 15 is 0 Å². The zero-order valence-corrected chi connectivity index (χ0v) is 14.7. The van der Waals surface area contributed by atoms with E-state index < -0.39 is 0 Å². The van der Waals surface area contributed by atoms with Gasteiger partial charge in [0, 0.05) is 22.6 Å². The van der Waals surface area contributed by atoms with Gasteiger partial charge in [-0.1, -0.05) is 51.8 Å². The molecule has 2 aromatic carbocycles. The molecule has 0 radical (unpaired) electrons. The van der Waals surface area contributed by atoms with Gasteiger partial charge < -0.3 is 5.32 Å². The van der Waals surface area contributed by atoms with Crippen LogP contribution in [-0.2, 0) is 17.9 Å². The number of hydrogen-bond acceptors (Lipinski definition) is 2. The first-order valence-electron chi connectivity index (χ1n) is 6.97. The van der Waals surface area contributed by atoms with Crippen LogP contribution < -0.4 is 5.32 Å². The van der Waals surface area contributed by atoms with E-state index in [2.05, 4.69) is 21.2 Å².